The smallest absolute Gasteiger partial charge is 0.357 e. The predicted octanol–water partition coefficient (Wildman–Crippen LogP) is 5.11. The summed E-state index contributed by atoms with van der Waals surface area (Å²) < 4.78 is 38.7. The quantitative estimate of drug-likeness (QED) is 0.231. The fraction of sp³-hybridized carbons (Fsp3) is 0.111. The van der Waals surface area contributed by atoms with E-state index in [4.69, 9.17) is 11.6 Å². The number of nitro benzene ring substituents is 1. The van der Waals surface area contributed by atoms with Crippen LogP contribution in [0.3, 0.4) is 0 Å². The number of non-ortho nitro benzene ring substituents is 1. The number of hydrazone groups is 1. The average molecular weight is 503 g/mol. The van der Waals surface area contributed by atoms with Gasteiger partial charge in [0.2, 0.25) is 17.8 Å². The van der Waals surface area contributed by atoms with Crippen molar-refractivity contribution in [3.63, 3.8) is 0 Å². The Kier molecular flexibility index (Phi) is 8.32. The van der Waals surface area contributed by atoms with Crippen molar-refractivity contribution >= 4 is 59.4 Å². The fourth-order valence-corrected chi connectivity index (χ4v) is 2.57. The highest BCUT2D eigenvalue weighted by Crippen LogP contribution is 2.31. The van der Waals surface area contributed by atoms with Crippen LogP contribution in [0.5, 0.6) is 0 Å². The third-order valence-electron chi connectivity index (χ3n) is 3.86. The number of aromatic nitrogens is 3. The van der Waals surface area contributed by atoms with Gasteiger partial charge in [-0.1, -0.05) is 17.7 Å². The van der Waals surface area contributed by atoms with Gasteiger partial charge in [0, 0.05) is 35.5 Å². The molecule has 0 aliphatic carbocycles. The highest BCUT2D eigenvalue weighted by Gasteiger charge is 2.30. The van der Waals surface area contributed by atoms with Gasteiger partial charge in [0.15, 0.2) is 0 Å². The Bertz CT molecular complexity index is 1180. The van der Waals surface area contributed by atoms with E-state index in [0.717, 1.165) is 12.1 Å². The van der Waals surface area contributed by atoms with Gasteiger partial charge in [-0.25, -0.2) is 5.43 Å². The number of nitrogens with one attached hydrogen (secondary N) is 3. The number of nitro groups is 1. The van der Waals surface area contributed by atoms with Gasteiger partial charge >= 0.3 is 6.18 Å². The number of hydrogen-bond acceptors (Lipinski definition) is 9. The maximum atomic E-state index is 12.9. The molecule has 2 aromatic carbocycles. The summed E-state index contributed by atoms with van der Waals surface area (Å²) in [6.07, 6.45) is -3.26. The van der Waals surface area contributed by atoms with Crippen LogP contribution in [0.25, 0.3) is 0 Å². The van der Waals surface area contributed by atoms with E-state index in [-0.39, 0.29) is 52.2 Å². The zero-order valence-corrected chi connectivity index (χ0v) is 18.2. The molecule has 3 aromatic rings. The zero-order valence-electron chi connectivity index (χ0n) is 16.6. The van der Waals surface area contributed by atoms with Crippen molar-refractivity contribution in [3.05, 3.63) is 68.7 Å². The van der Waals surface area contributed by atoms with Crippen LogP contribution in [-0.2, 0) is 6.18 Å². The lowest BCUT2D eigenvalue weighted by Gasteiger charge is -2.11. The largest absolute Gasteiger partial charge is 0.416 e. The van der Waals surface area contributed by atoms with Gasteiger partial charge < -0.3 is 10.6 Å². The van der Waals surface area contributed by atoms with Gasteiger partial charge in [-0.15, -0.1) is 12.4 Å². The Hall–Kier alpha value is -3.71. The van der Waals surface area contributed by atoms with Crippen molar-refractivity contribution in [1.82, 2.24) is 15.0 Å². The molecule has 3 rings (SSSR count). The number of anilines is 4. The minimum absolute atomic E-state index is 0. The summed E-state index contributed by atoms with van der Waals surface area (Å²) in [6.45, 7) is 0. The SMILES string of the molecule is CNc1nc(N/N=C/c2cc([N+](=O)[O-])ccc2Cl)nc(Nc2cccc(C(F)(F)F)c2)n1.Cl. The summed E-state index contributed by atoms with van der Waals surface area (Å²) in [5, 5.41) is 20.4. The van der Waals surface area contributed by atoms with E-state index in [0.29, 0.717) is 0 Å². The lowest BCUT2D eigenvalue weighted by molar-refractivity contribution is -0.384. The second-order valence-electron chi connectivity index (χ2n) is 6.09. The monoisotopic (exact) mass is 502 g/mol. The van der Waals surface area contributed by atoms with E-state index >= 15 is 0 Å². The van der Waals surface area contributed by atoms with Crippen LogP contribution in [0.2, 0.25) is 5.02 Å². The summed E-state index contributed by atoms with van der Waals surface area (Å²) in [4.78, 5) is 22.4. The topological polar surface area (TPSA) is 130 Å². The molecule has 0 amide bonds. The highest BCUT2D eigenvalue weighted by atomic mass is 35.5. The van der Waals surface area contributed by atoms with Crippen LogP contribution >= 0.6 is 24.0 Å². The Morgan fingerprint density at radius 1 is 1.09 bits per heavy atom. The average Bonchev–Trinajstić information content (AvgIpc) is 2.74. The molecule has 15 heteroatoms. The first-order valence-corrected chi connectivity index (χ1v) is 9.14. The Balaban J connectivity index is 0.00000385. The number of benzene rings is 2. The number of nitrogens with zero attached hydrogens (tertiary/aromatic N) is 5. The molecule has 174 valence electrons. The van der Waals surface area contributed by atoms with Crippen molar-refractivity contribution in [2.45, 2.75) is 6.18 Å². The van der Waals surface area contributed by atoms with E-state index in [1.54, 1.807) is 7.05 Å². The molecular weight excluding hydrogens is 488 g/mol. The van der Waals surface area contributed by atoms with Crippen LogP contribution in [0.4, 0.5) is 42.4 Å². The molecule has 0 saturated carbocycles. The van der Waals surface area contributed by atoms with E-state index in [1.807, 2.05) is 0 Å². The van der Waals surface area contributed by atoms with Crippen LogP contribution in [0.15, 0.2) is 47.6 Å². The molecule has 0 saturated heterocycles. The first kappa shape index (κ1) is 25.5. The normalized spacial score (nSPS) is 11.1. The van der Waals surface area contributed by atoms with Crippen LogP contribution in [0.1, 0.15) is 11.1 Å². The standard InChI is InChI=1S/C18H14ClF3N8O2.ClH/c1-23-15-26-16(25-12-4-2-3-11(8-12)18(20,21)22)28-17(27-15)29-24-9-10-7-13(30(31)32)5-6-14(10)19;/h2-9H,1H3,(H3,23,25,26,27,28,29);1H/b24-9+;. The highest BCUT2D eigenvalue weighted by molar-refractivity contribution is 6.33. The molecule has 1 aromatic heterocycles. The van der Waals surface area contributed by atoms with Crippen molar-refractivity contribution in [2.75, 3.05) is 23.1 Å². The third kappa shape index (κ3) is 6.89. The number of rotatable bonds is 7. The van der Waals surface area contributed by atoms with E-state index in [1.165, 1.54) is 36.5 Å². The van der Waals surface area contributed by atoms with Gasteiger partial charge in [0.25, 0.3) is 5.69 Å². The molecule has 0 fully saturated rings. The third-order valence-corrected chi connectivity index (χ3v) is 4.21. The van der Waals surface area contributed by atoms with Crippen LogP contribution in [-0.4, -0.2) is 33.1 Å². The molecule has 0 spiro atoms. The number of halogens is 5. The summed E-state index contributed by atoms with van der Waals surface area (Å²) >= 11 is 6.01. The maximum absolute atomic E-state index is 12.9. The summed E-state index contributed by atoms with van der Waals surface area (Å²) in [6, 6.07) is 8.38. The van der Waals surface area contributed by atoms with E-state index in [9.17, 15) is 23.3 Å². The predicted molar refractivity (Wildman–Crippen MR) is 121 cm³/mol. The number of alkyl halides is 3. The molecule has 0 aliphatic rings. The van der Waals surface area contributed by atoms with Crippen molar-refractivity contribution < 1.29 is 18.1 Å². The van der Waals surface area contributed by atoms with Gasteiger partial charge in [-0.05, 0) is 24.3 Å². The summed E-state index contributed by atoms with van der Waals surface area (Å²) in [5.41, 5.74) is 1.92. The molecular formula is C18H15Cl2F3N8O2. The molecule has 0 aliphatic heterocycles. The van der Waals surface area contributed by atoms with Crippen LogP contribution in [0, 0.1) is 10.1 Å². The summed E-state index contributed by atoms with van der Waals surface area (Å²) in [5.74, 6) is 0.0203. The molecule has 0 atom stereocenters. The Labute approximate surface area is 195 Å². The maximum Gasteiger partial charge on any atom is 0.416 e. The second-order valence-corrected chi connectivity index (χ2v) is 6.50. The molecule has 0 bridgehead atoms. The Morgan fingerprint density at radius 3 is 2.45 bits per heavy atom. The second kappa shape index (κ2) is 10.7. The van der Waals surface area contributed by atoms with Crippen molar-refractivity contribution in [3.8, 4) is 0 Å². The summed E-state index contributed by atoms with van der Waals surface area (Å²) in [7, 11) is 1.54. The minimum Gasteiger partial charge on any atom is -0.357 e. The van der Waals surface area contributed by atoms with Crippen LogP contribution < -0.4 is 16.1 Å². The number of hydrogen-bond donors (Lipinski definition) is 3. The molecule has 0 radical (unpaired) electrons. The van der Waals surface area contributed by atoms with E-state index < -0.39 is 16.7 Å². The minimum atomic E-state index is -4.50. The lowest BCUT2D eigenvalue weighted by Crippen LogP contribution is -2.08. The van der Waals surface area contributed by atoms with Gasteiger partial charge in [0.1, 0.15) is 0 Å². The molecule has 1 heterocycles. The molecule has 3 N–H and O–H groups in total. The first-order chi connectivity index (χ1) is 15.2. The van der Waals surface area contributed by atoms with Gasteiger partial charge in [-0.2, -0.15) is 33.2 Å². The first-order valence-electron chi connectivity index (χ1n) is 8.77. The molecule has 0 unspecified atom stereocenters. The van der Waals surface area contributed by atoms with Gasteiger partial charge in [0.05, 0.1) is 16.7 Å². The zero-order chi connectivity index (χ0) is 23.3. The Morgan fingerprint density at radius 2 is 1.79 bits per heavy atom. The lowest BCUT2D eigenvalue weighted by atomic mass is 10.2. The van der Waals surface area contributed by atoms with Crippen molar-refractivity contribution in [1.29, 1.82) is 0 Å². The van der Waals surface area contributed by atoms with Crippen molar-refractivity contribution in [2.24, 2.45) is 5.10 Å². The molecule has 33 heavy (non-hydrogen) atoms. The van der Waals surface area contributed by atoms with Gasteiger partial charge in [-0.3, -0.25) is 10.1 Å². The fourth-order valence-electron chi connectivity index (χ4n) is 2.40. The molecule has 10 nitrogen and oxygen atoms in total. The van der Waals surface area contributed by atoms with E-state index in [2.05, 4.69) is 36.1 Å².